The number of hydrogen-bond donors (Lipinski definition) is 1. The van der Waals surface area contributed by atoms with Gasteiger partial charge in [-0.15, -0.1) is 0 Å². The second-order valence-corrected chi connectivity index (χ2v) is 5.57. The van der Waals surface area contributed by atoms with Gasteiger partial charge in [0, 0.05) is 0 Å². The Labute approximate surface area is 134 Å². The van der Waals surface area contributed by atoms with E-state index in [-0.39, 0.29) is 15.7 Å². The van der Waals surface area contributed by atoms with E-state index >= 15 is 0 Å². The van der Waals surface area contributed by atoms with Crippen molar-refractivity contribution < 1.29 is 23.0 Å². The third-order valence-corrected chi connectivity index (χ3v) is 3.94. The van der Waals surface area contributed by atoms with Crippen LogP contribution in [0.4, 0.5) is 34.5 Å². The Morgan fingerprint density at radius 2 is 1.78 bits per heavy atom. The molecule has 0 aliphatic heterocycles. The first-order valence-electron chi connectivity index (χ1n) is 5.66. The summed E-state index contributed by atoms with van der Waals surface area (Å²) in [5.41, 5.74) is -1.89. The van der Waals surface area contributed by atoms with Crippen LogP contribution in [0.1, 0.15) is 5.56 Å². The minimum Gasteiger partial charge on any atom is -0.340 e. The van der Waals surface area contributed by atoms with Gasteiger partial charge < -0.3 is 5.32 Å². The fourth-order valence-electron chi connectivity index (χ4n) is 1.60. The Hall–Kier alpha value is -2.40. The van der Waals surface area contributed by atoms with Crippen molar-refractivity contribution in [2.24, 2.45) is 0 Å². The summed E-state index contributed by atoms with van der Waals surface area (Å²) in [4.78, 5) is 19.9. The number of nitrogens with zero attached hydrogens (tertiary/aromatic N) is 2. The second kappa shape index (κ2) is 6.01. The second-order valence-electron chi connectivity index (χ2n) is 4.13. The van der Waals surface area contributed by atoms with Crippen LogP contribution in [0.2, 0.25) is 5.02 Å². The molecule has 1 N–H and O–H groups in total. The van der Waals surface area contributed by atoms with Gasteiger partial charge in [-0.3, -0.25) is 20.2 Å². The normalized spacial score (nSPS) is 11.3. The van der Waals surface area contributed by atoms with Crippen molar-refractivity contribution in [3.63, 3.8) is 0 Å². The minimum absolute atomic E-state index is 0.122. The van der Waals surface area contributed by atoms with Gasteiger partial charge >= 0.3 is 16.9 Å². The number of benzene rings is 1. The number of anilines is 2. The SMILES string of the molecule is O=[N+]([O-])c1cc([N+](=O)[O-])c(Nc2cc(C(F)(F)F)ccc2Cl)s1. The zero-order valence-corrected chi connectivity index (χ0v) is 12.3. The number of hydrogen-bond acceptors (Lipinski definition) is 6. The van der Waals surface area contributed by atoms with Crippen molar-refractivity contribution in [2.45, 2.75) is 6.18 Å². The zero-order chi connectivity index (χ0) is 17.4. The van der Waals surface area contributed by atoms with E-state index in [1.807, 2.05) is 0 Å². The molecule has 0 radical (unpaired) electrons. The van der Waals surface area contributed by atoms with Crippen LogP contribution in [0.15, 0.2) is 24.3 Å². The molecule has 1 aromatic carbocycles. The highest BCUT2D eigenvalue weighted by atomic mass is 35.5. The maximum atomic E-state index is 12.7. The molecular formula is C11H5ClF3N3O4S. The van der Waals surface area contributed by atoms with Crippen LogP contribution in [0.25, 0.3) is 0 Å². The van der Waals surface area contributed by atoms with Gasteiger partial charge in [0.25, 0.3) is 0 Å². The van der Waals surface area contributed by atoms with E-state index in [1.165, 1.54) is 0 Å². The monoisotopic (exact) mass is 367 g/mol. The fourth-order valence-corrected chi connectivity index (χ4v) is 2.62. The highest BCUT2D eigenvalue weighted by Crippen LogP contribution is 2.42. The third-order valence-electron chi connectivity index (χ3n) is 2.62. The standard InChI is InChI=1S/C11H5ClF3N3O4S/c12-6-2-1-5(11(13,14)15)3-7(6)16-10-8(17(19)20)4-9(23-10)18(21)22/h1-4,16H. The van der Waals surface area contributed by atoms with Crippen LogP contribution in [-0.2, 0) is 6.18 Å². The topological polar surface area (TPSA) is 98.3 Å². The van der Waals surface area contributed by atoms with Gasteiger partial charge in [0.1, 0.15) is 6.07 Å². The largest absolute Gasteiger partial charge is 0.416 e. The van der Waals surface area contributed by atoms with Crippen molar-refractivity contribution in [1.29, 1.82) is 0 Å². The number of rotatable bonds is 4. The summed E-state index contributed by atoms with van der Waals surface area (Å²) < 4.78 is 38.1. The molecule has 0 saturated heterocycles. The average Bonchev–Trinajstić information content (AvgIpc) is 2.84. The number of alkyl halides is 3. The molecule has 2 rings (SSSR count). The lowest BCUT2D eigenvalue weighted by molar-refractivity contribution is -0.389. The molecule has 1 aromatic heterocycles. The van der Waals surface area contributed by atoms with E-state index in [1.54, 1.807) is 0 Å². The quantitative estimate of drug-likeness (QED) is 0.607. The Balaban J connectivity index is 2.47. The molecular weight excluding hydrogens is 363 g/mol. The van der Waals surface area contributed by atoms with Gasteiger partial charge in [-0.2, -0.15) is 13.2 Å². The molecule has 0 amide bonds. The Morgan fingerprint density at radius 3 is 2.30 bits per heavy atom. The molecule has 0 aliphatic rings. The van der Waals surface area contributed by atoms with Crippen molar-refractivity contribution in [3.05, 3.63) is 55.1 Å². The average molecular weight is 368 g/mol. The number of nitro groups is 2. The molecule has 7 nitrogen and oxygen atoms in total. The highest BCUT2D eigenvalue weighted by Gasteiger charge is 2.31. The lowest BCUT2D eigenvalue weighted by Crippen LogP contribution is -2.05. The smallest absolute Gasteiger partial charge is 0.340 e. The predicted molar refractivity (Wildman–Crippen MR) is 77.4 cm³/mol. The van der Waals surface area contributed by atoms with Crippen LogP contribution < -0.4 is 5.32 Å². The fraction of sp³-hybridized carbons (Fsp3) is 0.0909. The van der Waals surface area contributed by atoms with Gasteiger partial charge in [0.2, 0.25) is 0 Å². The maximum Gasteiger partial charge on any atom is 0.416 e. The van der Waals surface area contributed by atoms with Gasteiger partial charge in [-0.1, -0.05) is 11.6 Å². The van der Waals surface area contributed by atoms with Crippen LogP contribution in [0.5, 0.6) is 0 Å². The van der Waals surface area contributed by atoms with Gasteiger partial charge in [-0.05, 0) is 29.5 Å². The number of thiophene rings is 1. The van der Waals surface area contributed by atoms with Crippen molar-refractivity contribution >= 4 is 44.3 Å². The molecule has 0 atom stereocenters. The van der Waals surface area contributed by atoms with Crippen molar-refractivity contribution in [1.82, 2.24) is 0 Å². The van der Waals surface area contributed by atoms with Gasteiger partial charge in [-0.25, -0.2) is 0 Å². The first-order chi connectivity index (χ1) is 10.6. The number of nitrogens with one attached hydrogen (secondary N) is 1. The minimum atomic E-state index is -4.63. The van der Waals surface area contributed by atoms with E-state index in [9.17, 15) is 33.4 Å². The highest BCUT2D eigenvalue weighted by molar-refractivity contribution is 7.19. The molecule has 23 heavy (non-hydrogen) atoms. The summed E-state index contributed by atoms with van der Waals surface area (Å²) in [5, 5.41) is 23.0. The van der Waals surface area contributed by atoms with E-state index < -0.39 is 32.3 Å². The van der Waals surface area contributed by atoms with Crippen LogP contribution in [0, 0.1) is 20.2 Å². The molecule has 0 aliphatic carbocycles. The van der Waals surface area contributed by atoms with Gasteiger partial charge in [0.15, 0.2) is 5.00 Å². The van der Waals surface area contributed by atoms with E-state index in [0.29, 0.717) is 23.5 Å². The summed E-state index contributed by atoms with van der Waals surface area (Å²) in [6.45, 7) is 0. The molecule has 122 valence electrons. The van der Waals surface area contributed by atoms with Crippen LogP contribution in [0.3, 0.4) is 0 Å². The molecule has 0 unspecified atom stereocenters. The van der Waals surface area contributed by atoms with Crippen molar-refractivity contribution in [2.75, 3.05) is 5.32 Å². The lowest BCUT2D eigenvalue weighted by Gasteiger charge is -2.11. The predicted octanol–water partition coefficient (Wildman–Crippen LogP) is 4.98. The van der Waals surface area contributed by atoms with E-state index in [4.69, 9.17) is 11.6 Å². The molecule has 12 heteroatoms. The summed E-state index contributed by atoms with van der Waals surface area (Å²) >= 11 is 6.19. The van der Waals surface area contributed by atoms with Crippen LogP contribution in [-0.4, -0.2) is 9.85 Å². The molecule has 0 bridgehead atoms. The van der Waals surface area contributed by atoms with Gasteiger partial charge in [0.05, 0.1) is 26.1 Å². The maximum absolute atomic E-state index is 12.7. The molecule has 0 saturated carbocycles. The Morgan fingerprint density at radius 1 is 1.13 bits per heavy atom. The first-order valence-corrected chi connectivity index (χ1v) is 6.85. The molecule has 0 fully saturated rings. The Bertz CT molecular complexity index is 793. The van der Waals surface area contributed by atoms with Crippen molar-refractivity contribution in [3.8, 4) is 0 Å². The molecule has 0 spiro atoms. The van der Waals surface area contributed by atoms with E-state index in [2.05, 4.69) is 5.32 Å². The molecule has 1 heterocycles. The Kier molecular flexibility index (Phi) is 4.43. The first kappa shape index (κ1) is 17.0. The summed E-state index contributed by atoms with van der Waals surface area (Å²) in [6.07, 6.45) is -4.63. The lowest BCUT2D eigenvalue weighted by atomic mass is 10.2. The molecule has 2 aromatic rings. The van der Waals surface area contributed by atoms with Crippen LogP contribution >= 0.6 is 22.9 Å². The summed E-state index contributed by atoms with van der Waals surface area (Å²) in [6, 6.07) is 3.10. The summed E-state index contributed by atoms with van der Waals surface area (Å²) in [5.74, 6) is 0. The number of halogens is 4. The summed E-state index contributed by atoms with van der Waals surface area (Å²) in [7, 11) is 0. The zero-order valence-electron chi connectivity index (χ0n) is 10.8. The van der Waals surface area contributed by atoms with E-state index in [0.717, 1.165) is 12.1 Å². The third kappa shape index (κ3) is 3.68.